The van der Waals surface area contributed by atoms with E-state index in [-0.39, 0.29) is 5.41 Å². The van der Waals surface area contributed by atoms with Crippen molar-refractivity contribution >= 4 is 10.8 Å². The molecule has 1 heterocycles. The van der Waals surface area contributed by atoms with Crippen LogP contribution in [-0.4, -0.2) is 15.0 Å². The van der Waals surface area contributed by atoms with E-state index in [2.05, 4.69) is 153 Å². The predicted octanol–water partition coefficient (Wildman–Crippen LogP) is 14.0. The Kier molecular flexibility index (Phi) is 9.46. The van der Waals surface area contributed by atoms with E-state index in [4.69, 9.17) is 15.0 Å². The molecule has 59 heavy (non-hydrogen) atoms. The number of nitrogens with zero attached hydrogens (tertiary/aromatic N) is 4. The van der Waals surface area contributed by atoms with Crippen LogP contribution in [0, 0.1) is 29.1 Å². The van der Waals surface area contributed by atoms with Gasteiger partial charge in [0.15, 0.2) is 17.5 Å². The molecule has 2 aliphatic rings. The highest BCUT2D eigenvalue weighted by Crippen LogP contribution is 2.54. The van der Waals surface area contributed by atoms with Crippen LogP contribution in [0.15, 0.2) is 164 Å². The van der Waals surface area contributed by atoms with Crippen LogP contribution in [0.25, 0.3) is 78.3 Å². The first-order valence-corrected chi connectivity index (χ1v) is 21.1. The van der Waals surface area contributed by atoms with Crippen LogP contribution in [0.5, 0.6) is 0 Å². The van der Waals surface area contributed by atoms with E-state index < -0.39 is 0 Å². The molecule has 1 aromatic heterocycles. The predicted molar refractivity (Wildman–Crippen MR) is 241 cm³/mol. The lowest BCUT2D eigenvalue weighted by Gasteiger charge is -2.50. The van der Waals surface area contributed by atoms with E-state index in [0.29, 0.717) is 23.0 Å². The van der Waals surface area contributed by atoms with Crippen LogP contribution in [-0.2, 0) is 5.41 Å². The first-order valence-electron chi connectivity index (χ1n) is 21.1. The van der Waals surface area contributed by atoms with Gasteiger partial charge in [-0.25, -0.2) is 15.0 Å². The zero-order chi connectivity index (χ0) is 39.9. The van der Waals surface area contributed by atoms with Gasteiger partial charge in [-0.1, -0.05) is 141 Å². The summed E-state index contributed by atoms with van der Waals surface area (Å²) in [5.74, 6) is 4.25. The van der Waals surface area contributed by atoms with Gasteiger partial charge in [0.1, 0.15) is 0 Å². The number of rotatable bonds is 7. The molecule has 0 N–H and O–H groups in total. The molecule has 0 aliphatic heterocycles. The van der Waals surface area contributed by atoms with E-state index in [0.717, 1.165) is 62.1 Å². The van der Waals surface area contributed by atoms with E-state index in [1.807, 2.05) is 30.3 Å². The van der Waals surface area contributed by atoms with Gasteiger partial charge in [-0.2, -0.15) is 5.26 Å². The fourth-order valence-corrected chi connectivity index (χ4v) is 10.5. The topological polar surface area (TPSA) is 62.5 Å². The molecule has 2 unspecified atom stereocenters. The SMILES string of the molecule is C[C@@H]1CC2C[C@H](C)CC(c3ccc(-c4nc(-c5ccc6ccc(-c7ccccc7)cc6c5)nc(-c5ccc(-c6ccc(C#N)cc6)cc5-c5ccccc5)n4)cc3)(C2)C1. The van der Waals surface area contributed by atoms with Crippen LogP contribution in [0.3, 0.4) is 0 Å². The van der Waals surface area contributed by atoms with Gasteiger partial charge in [0.05, 0.1) is 11.6 Å². The molecule has 286 valence electrons. The molecule has 0 spiro atoms. The first-order chi connectivity index (χ1) is 28.9. The van der Waals surface area contributed by atoms with Crippen molar-refractivity contribution in [2.75, 3.05) is 0 Å². The fraction of sp³-hybridized carbons (Fsp3) is 0.200. The number of nitriles is 1. The second kappa shape index (κ2) is 15.2. The highest BCUT2D eigenvalue weighted by molar-refractivity contribution is 5.91. The van der Waals surface area contributed by atoms with Gasteiger partial charge in [0.2, 0.25) is 0 Å². The van der Waals surface area contributed by atoms with Crippen molar-refractivity contribution in [1.29, 1.82) is 5.26 Å². The van der Waals surface area contributed by atoms with Crippen LogP contribution in [0.2, 0.25) is 0 Å². The van der Waals surface area contributed by atoms with Gasteiger partial charge >= 0.3 is 0 Å². The quantitative estimate of drug-likeness (QED) is 0.162. The average Bonchev–Trinajstić information content (AvgIpc) is 3.28. The van der Waals surface area contributed by atoms with Crippen LogP contribution in [0.4, 0.5) is 0 Å². The van der Waals surface area contributed by atoms with E-state index in [1.54, 1.807) is 0 Å². The molecular weight excluding hydrogens is 717 g/mol. The Hall–Kier alpha value is -6.70. The molecule has 4 heteroatoms. The summed E-state index contributed by atoms with van der Waals surface area (Å²) in [6.45, 7) is 4.91. The Labute approximate surface area is 347 Å². The summed E-state index contributed by atoms with van der Waals surface area (Å²) >= 11 is 0. The third-order valence-corrected chi connectivity index (χ3v) is 12.9. The van der Waals surface area contributed by atoms with Crippen LogP contribution in [0.1, 0.15) is 57.1 Å². The lowest BCUT2D eigenvalue weighted by molar-refractivity contribution is 0.0780. The highest BCUT2D eigenvalue weighted by atomic mass is 15.0. The monoisotopic (exact) mass is 762 g/mol. The van der Waals surface area contributed by atoms with Crippen molar-refractivity contribution in [3.8, 4) is 73.6 Å². The maximum Gasteiger partial charge on any atom is 0.164 e. The number of benzene rings is 7. The molecule has 4 nitrogen and oxygen atoms in total. The molecule has 7 aromatic carbocycles. The zero-order valence-corrected chi connectivity index (χ0v) is 33.6. The Morgan fingerprint density at radius 1 is 0.458 bits per heavy atom. The lowest BCUT2D eigenvalue weighted by atomic mass is 9.54. The van der Waals surface area contributed by atoms with Gasteiger partial charge in [-0.3, -0.25) is 0 Å². The number of hydrogen-bond donors (Lipinski definition) is 0. The minimum atomic E-state index is 0.249. The summed E-state index contributed by atoms with van der Waals surface area (Å²) in [5.41, 5.74) is 11.8. The normalized spacial score (nSPS) is 19.9. The van der Waals surface area contributed by atoms with Crippen molar-refractivity contribution in [1.82, 2.24) is 15.0 Å². The summed E-state index contributed by atoms with van der Waals surface area (Å²) in [6.07, 6.45) is 6.56. The smallest absolute Gasteiger partial charge is 0.164 e. The average molecular weight is 763 g/mol. The molecule has 0 amide bonds. The molecule has 2 aliphatic carbocycles. The summed E-state index contributed by atoms with van der Waals surface area (Å²) in [5, 5.41) is 11.7. The Balaban J connectivity index is 1.12. The van der Waals surface area contributed by atoms with E-state index in [1.165, 1.54) is 54.2 Å². The fourth-order valence-electron chi connectivity index (χ4n) is 10.5. The molecule has 0 radical (unpaired) electrons. The van der Waals surface area contributed by atoms with Gasteiger partial charge in [-0.15, -0.1) is 0 Å². The van der Waals surface area contributed by atoms with Crippen molar-refractivity contribution in [3.05, 3.63) is 175 Å². The van der Waals surface area contributed by atoms with Crippen molar-refractivity contribution in [2.45, 2.75) is 51.4 Å². The molecule has 0 saturated heterocycles. The van der Waals surface area contributed by atoms with Gasteiger partial charge < -0.3 is 0 Å². The largest absolute Gasteiger partial charge is 0.208 e. The van der Waals surface area contributed by atoms with Gasteiger partial charge in [0, 0.05) is 16.7 Å². The standard InChI is InChI=1S/C55H46N4/c1-36-27-39-28-37(2)33-55(32-36,34-39)49-24-21-44(22-25-49)52-57-53(47-20-18-42-17-19-45(29-48(42)30-47)40-9-5-3-6-10-40)59-54(58-52)50-26-23-46(41-15-13-38(35-56)14-16-41)31-51(50)43-11-7-4-8-12-43/h3-26,29-31,36-37,39H,27-28,32-34H2,1-2H3/t36-,37+,39?,55?. The number of hydrogen-bond acceptors (Lipinski definition) is 4. The van der Waals surface area contributed by atoms with E-state index >= 15 is 0 Å². The van der Waals surface area contributed by atoms with E-state index in [9.17, 15) is 5.26 Å². The summed E-state index contributed by atoms with van der Waals surface area (Å²) in [6, 6.07) is 59.9. The molecule has 10 rings (SSSR count). The Bertz CT molecular complexity index is 2820. The summed E-state index contributed by atoms with van der Waals surface area (Å²) in [4.78, 5) is 15.8. The minimum absolute atomic E-state index is 0.249. The number of fused-ring (bicyclic) bond motifs is 3. The summed E-state index contributed by atoms with van der Waals surface area (Å²) in [7, 11) is 0. The van der Waals surface area contributed by atoms with Crippen LogP contribution < -0.4 is 0 Å². The maximum atomic E-state index is 9.43. The lowest BCUT2D eigenvalue weighted by Crippen LogP contribution is -2.42. The van der Waals surface area contributed by atoms with Crippen molar-refractivity contribution < 1.29 is 0 Å². The molecular formula is C55H46N4. The molecule has 2 fully saturated rings. The third-order valence-electron chi connectivity index (χ3n) is 12.9. The third kappa shape index (κ3) is 7.23. The summed E-state index contributed by atoms with van der Waals surface area (Å²) < 4.78 is 0. The Morgan fingerprint density at radius 3 is 1.66 bits per heavy atom. The second-order valence-corrected chi connectivity index (χ2v) is 17.3. The Morgan fingerprint density at radius 2 is 0.983 bits per heavy atom. The number of aromatic nitrogens is 3. The maximum absolute atomic E-state index is 9.43. The minimum Gasteiger partial charge on any atom is -0.208 e. The van der Waals surface area contributed by atoms with Crippen LogP contribution >= 0.6 is 0 Å². The second-order valence-electron chi connectivity index (χ2n) is 17.3. The zero-order valence-electron chi connectivity index (χ0n) is 33.6. The van der Waals surface area contributed by atoms with Crippen molar-refractivity contribution in [3.63, 3.8) is 0 Å². The first kappa shape index (κ1) is 36.6. The molecule has 2 saturated carbocycles. The highest BCUT2D eigenvalue weighted by Gasteiger charge is 2.45. The van der Waals surface area contributed by atoms with Crippen molar-refractivity contribution in [2.24, 2.45) is 17.8 Å². The van der Waals surface area contributed by atoms with Gasteiger partial charge in [-0.05, 0) is 141 Å². The molecule has 4 atom stereocenters. The molecule has 2 bridgehead atoms. The van der Waals surface area contributed by atoms with Gasteiger partial charge in [0.25, 0.3) is 0 Å². The molecule has 8 aromatic rings.